The molecule has 0 radical (unpaired) electrons. The van der Waals surface area contributed by atoms with Gasteiger partial charge in [0.05, 0.1) is 5.60 Å². The number of carbonyl (C=O) groups is 1. The number of rotatable bonds is 3. The second kappa shape index (κ2) is 4.30. The van der Waals surface area contributed by atoms with E-state index in [0.29, 0.717) is 0 Å². The first-order valence-electron chi connectivity index (χ1n) is 5.33. The van der Waals surface area contributed by atoms with Gasteiger partial charge < -0.3 is 10.2 Å². The molecule has 3 nitrogen and oxygen atoms in total. The zero-order chi connectivity index (χ0) is 10.8. The van der Waals surface area contributed by atoms with E-state index in [2.05, 4.69) is 0 Å². The number of carboxylic acid groups (broad SMARTS) is 1. The lowest BCUT2D eigenvalue weighted by Crippen LogP contribution is -2.35. The molecule has 14 heavy (non-hydrogen) atoms. The van der Waals surface area contributed by atoms with Gasteiger partial charge in [-0.1, -0.05) is 6.42 Å². The van der Waals surface area contributed by atoms with Gasteiger partial charge in [0.2, 0.25) is 0 Å². The van der Waals surface area contributed by atoms with Crippen LogP contribution in [0.5, 0.6) is 0 Å². The molecule has 1 saturated carbocycles. The zero-order valence-corrected chi connectivity index (χ0v) is 8.99. The number of aliphatic hydroxyl groups is 1. The van der Waals surface area contributed by atoms with Crippen LogP contribution in [0.25, 0.3) is 0 Å². The third-order valence-corrected chi connectivity index (χ3v) is 3.25. The fourth-order valence-corrected chi connectivity index (χ4v) is 2.36. The molecule has 0 aromatic carbocycles. The maximum atomic E-state index is 10.6. The van der Waals surface area contributed by atoms with Crippen molar-refractivity contribution in [2.75, 3.05) is 0 Å². The first-order chi connectivity index (χ1) is 6.39. The fourth-order valence-electron chi connectivity index (χ4n) is 2.36. The van der Waals surface area contributed by atoms with Crippen LogP contribution in [0.1, 0.15) is 46.0 Å². The van der Waals surface area contributed by atoms with Crippen LogP contribution in [-0.4, -0.2) is 21.8 Å². The number of carboxylic acids is 1. The molecule has 1 rings (SSSR count). The number of hydrogen-bond donors (Lipinski definition) is 2. The Hall–Kier alpha value is -0.570. The predicted molar refractivity (Wildman–Crippen MR) is 54.0 cm³/mol. The average molecular weight is 200 g/mol. The normalized spacial score (nSPS) is 28.8. The van der Waals surface area contributed by atoms with Crippen LogP contribution in [0, 0.1) is 11.8 Å². The molecule has 0 saturated heterocycles. The molecular formula is C11H20O3. The van der Waals surface area contributed by atoms with Gasteiger partial charge in [0.1, 0.15) is 0 Å². The van der Waals surface area contributed by atoms with Gasteiger partial charge in [0, 0.05) is 6.42 Å². The minimum atomic E-state index is -0.716. The highest BCUT2D eigenvalue weighted by molar-refractivity contribution is 5.67. The highest BCUT2D eigenvalue weighted by Crippen LogP contribution is 2.36. The van der Waals surface area contributed by atoms with Gasteiger partial charge in [-0.15, -0.1) is 0 Å². The average Bonchev–Trinajstić information content (AvgIpc) is 2.01. The first kappa shape index (κ1) is 11.5. The van der Waals surface area contributed by atoms with Gasteiger partial charge in [0.25, 0.3) is 0 Å². The smallest absolute Gasteiger partial charge is 0.303 e. The molecule has 1 fully saturated rings. The summed E-state index contributed by atoms with van der Waals surface area (Å²) in [5.74, 6) is -0.190. The summed E-state index contributed by atoms with van der Waals surface area (Å²) in [6.45, 7) is 3.64. The van der Waals surface area contributed by atoms with E-state index in [4.69, 9.17) is 5.11 Å². The highest BCUT2D eigenvalue weighted by atomic mass is 16.4. The molecule has 0 aromatic rings. The van der Waals surface area contributed by atoms with Gasteiger partial charge in [0.15, 0.2) is 0 Å². The van der Waals surface area contributed by atoms with Crippen LogP contribution in [-0.2, 0) is 4.79 Å². The van der Waals surface area contributed by atoms with E-state index in [1.165, 1.54) is 0 Å². The Balaban J connectivity index is 2.48. The van der Waals surface area contributed by atoms with Gasteiger partial charge in [-0.3, -0.25) is 4.79 Å². The molecule has 1 aliphatic rings. The van der Waals surface area contributed by atoms with Crippen LogP contribution in [0.2, 0.25) is 0 Å². The van der Waals surface area contributed by atoms with Crippen LogP contribution in [0.3, 0.4) is 0 Å². The largest absolute Gasteiger partial charge is 0.481 e. The molecule has 0 amide bonds. The van der Waals surface area contributed by atoms with E-state index in [-0.39, 0.29) is 18.3 Å². The summed E-state index contributed by atoms with van der Waals surface area (Å²) in [5.41, 5.74) is -0.656. The van der Waals surface area contributed by atoms with Gasteiger partial charge in [-0.25, -0.2) is 0 Å². The minimum Gasteiger partial charge on any atom is -0.481 e. The van der Waals surface area contributed by atoms with Gasteiger partial charge in [-0.2, -0.15) is 0 Å². The molecule has 0 aliphatic heterocycles. The van der Waals surface area contributed by atoms with Crippen LogP contribution >= 0.6 is 0 Å². The molecule has 0 bridgehead atoms. The summed E-state index contributed by atoms with van der Waals surface area (Å²) in [5, 5.41) is 18.5. The number of aliphatic carboxylic acids is 1. The van der Waals surface area contributed by atoms with Crippen molar-refractivity contribution in [1.82, 2.24) is 0 Å². The quantitative estimate of drug-likeness (QED) is 0.733. The third-order valence-electron chi connectivity index (χ3n) is 3.25. The Kier molecular flexibility index (Phi) is 3.53. The van der Waals surface area contributed by atoms with E-state index in [1.54, 1.807) is 0 Å². The molecule has 2 atom stereocenters. The first-order valence-corrected chi connectivity index (χ1v) is 5.33. The lowest BCUT2D eigenvalue weighted by atomic mass is 9.73. The van der Waals surface area contributed by atoms with Crippen molar-refractivity contribution >= 4 is 5.97 Å². The van der Waals surface area contributed by atoms with E-state index in [9.17, 15) is 9.90 Å². The SMILES string of the molecule is CC(C)(O)C1CCCC(CC(=O)O)C1. The molecule has 2 N–H and O–H groups in total. The second-order valence-electron chi connectivity index (χ2n) is 4.98. The third kappa shape index (κ3) is 3.29. The zero-order valence-electron chi connectivity index (χ0n) is 8.99. The van der Waals surface area contributed by atoms with E-state index >= 15 is 0 Å². The topological polar surface area (TPSA) is 57.5 Å². The Bertz CT molecular complexity index is 205. The van der Waals surface area contributed by atoms with Crippen molar-refractivity contribution in [3.05, 3.63) is 0 Å². The predicted octanol–water partition coefficient (Wildman–Crippen LogP) is 2.04. The van der Waals surface area contributed by atoms with E-state index < -0.39 is 11.6 Å². The molecule has 0 aromatic heterocycles. The molecule has 1 aliphatic carbocycles. The summed E-state index contributed by atoms with van der Waals surface area (Å²) in [4.78, 5) is 10.6. The van der Waals surface area contributed by atoms with Gasteiger partial charge >= 0.3 is 5.97 Å². The monoisotopic (exact) mass is 200 g/mol. The Morgan fingerprint density at radius 3 is 2.57 bits per heavy atom. The molecular weight excluding hydrogens is 180 g/mol. The summed E-state index contributed by atoms with van der Waals surface area (Å²) < 4.78 is 0. The Morgan fingerprint density at radius 1 is 1.43 bits per heavy atom. The maximum Gasteiger partial charge on any atom is 0.303 e. The van der Waals surface area contributed by atoms with Crippen molar-refractivity contribution in [1.29, 1.82) is 0 Å². The van der Waals surface area contributed by atoms with E-state index in [0.717, 1.165) is 25.7 Å². The summed E-state index contributed by atoms with van der Waals surface area (Å²) >= 11 is 0. The van der Waals surface area contributed by atoms with Crippen LogP contribution in [0.4, 0.5) is 0 Å². The van der Waals surface area contributed by atoms with Crippen molar-refractivity contribution in [3.8, 4) is 0 Å². The minimum absolute atomic E-state index is 0.257. The maximum absolute atomic E-state index is 10.6. The van der Waals surface area contributed by atoms with Crippen molar-refractivity contribution in [3.63, 3.8) is 0 Å². The van der Waals surface area contributed by atoms with Crippen molar-refractivity contribution < 1.29 is 15.0 Å². The summed E-state index contributed by atoms with van der Waals surface area (Å²) in [6.07, 6.45) is 4.19. The molecule has 3 heteroatoms. The fraction of sp³-hybridized carbons (Fsp3) is 0.909. The standard InChI is InChI=1S/C11H20O3/c1-11(2,14)9-5-3-4-8(6-9)7-10(12)13/h8-9,14H,3-7H2,1-2H3,(H,12,13). The van der Waals surface area contributed by atoms with Crippen LogP contribution < -0.4 is 0 Å². The summed E-state index contributed by atoms with van der Waals surface area (Å²) in [7, 11) is 0. The van der Waals surface area contributed by atoms with Crippen LogP contribution in [0.15, 0.2) is 0 Å². The lowest BCUT2D eigenvalue weighted by Gasteiger charge is -2.36. The Labute approximate surface area is 85.1 Å². The van der Waals surface area contributed by atoms with Gasteiger partial charge in [-0.05, 0) is 44.9 Å². The molecule has 2 unspecified atom stereocenters. The van der Waals surface area contributed by atoms with Crippen molar-refractivity contribution in [2.24, 2.45) is 11.8 Å². The number of hydrogen-bond acceptors (Lipinski definition) is 2. The molecule has 0 spiro atoms. The molecule has 82 valence electrons. The van der Waals surface area contributed by atoms with E-state index in [1.807, 2.05) is 13.8 Å². The lowest BCUT2D eigenvalue weighted by molar-refractivity contribution is -0.138. The Morgan fingerprint density at radius 2 is 2.07 bits per heavy atom. The summed E-state index contributed by atoms with van der Waals surface area (Å²) in [6, 6.07) is 0. The highest BCUT2D eigenvalue weighted by Gasteiger charge is 2.32. The second-order valence-corrected chi connectivity index (χ2v) is 4.98. The molecule has 0 heterocycles. The van der Waals surface area contributed by atoms with Crippen molar-refractivity contribution in [2.45, 2.75) is 51.6 Å².